The van der Waals surface area contributed by atoms with Crippen molar-refractivity contribution in [3.05, 3.63) is 70.8 Å². The van der Waals surface area contributed by atoms with Crippen LogP contribution in [0.4, 0.5) is 0 Å². The van der Waals surface area contributed by atoms with Crippen molar-refractivity contribution >= 4 is 21.5 Å². The van der Waals surface area contributed by atoms with Crippen LogP contribution in [-0.4, -0.2) is 0 Å². The van der Waals surface area contributed by atoms with Gasteiger partial charge in [-0.1, -0.05) is 36.4 Å². The van der Waals surface area contributed by atoms with Gasteiger partial charge < -0.3 is 0 Å². The van der Waals surface area contributed by atoms with Gasteiger partial charge in [0.1, 0.15) is 0 Å². The SMILES string of the molecule is N#CC1=C(C#N)[C@@H]2C[C@H]1[C@H]1[C@H]3C[C@H]([C@H]4[C@@H]5[C@@H]6C[C@H]([C@@H]5[C@@H]34)[C@H]3[C@@H]6[C@H]4[C@@H]3[C@H]3C[C@@H]4c4cc5cc6ccccc6cc5cc43)[C@H]12. The van der Waals surface area contributed by atoms with Crippen molar-refractivity contribution in [2.45, 2.75) is 37.5 Å². The van der Waals surface area contributed by atoms with Crippen molar-refractivity contribution in [2.75, 3.05) is 0 Å². The van der Waals surface area contributed by atoms with Crippen LogP contribution in [0.5, 0.6) is 0 Å². The van der Waals surface area contributed by atoms with Gasteiger partial charge in [-0.05, 0) is 177 Å². The van der Waals surface area contributed by atoms with E-state index < -0.39 is 0 Å². The Morgan fingerprint density at radius 3 is 1.29 bits per heavy atom. The number of hydrogen-bond donors (Lipinski definition) is 0. The lowest BCUT2D eigenvalue weighted by Gasteiger charge is -2.68. The third-order valence-corrected chi connectivity index (χ3v) is 16.9. The van der Waals surface area contributed by atoms with E-state index in [0.29, 0.717) is 11.8 Å². The first-order valence-corrected chi connectivity index (χ1v) is 17.3. The molecule has 2 heteroatoms. The molecule has 13 rings (SSSR count). The van der Waals surface area contributed by atoms with Gasteiger partial charge in [0.2, 0.25) is 0 Å². The molecule has 0 unspecified atom stereocenters. The molecule has 8 bridgehead atoms. The molecule has 42 heavy (non-hydrogen) atoms. The van der Waals surface area contributed by atoms with Crippen LogP contribution in [0.15, 0.2) is 59.7 Å². The van der Waals surface area contributed by atoms with Crippen LogP contribution >= 0.6 is 0 Å². The number of hydrogen-bond acceptors (Lipinski definition) is 2. The van der Waals surface area contributed by atoms with E-state index in [1.807, 2.05) is 0 Å². The highest BCUT2D eigenvalue weighted by Crippen LogP contribution is 2.88. The number of nitriles is 2. The first-order chi connectivity index (χ1) is 20.7. The zero-order chi connectivity index (χ0) is 26.9. The summed E-state index contributed by atoms with van der Waals surface area (Å²) < 4.78 is 0. The summed E-state index contributed by atoms with van der Waals surface area (Å²) in [6, 6.07) is 24.1. The van der Waals surface area contributed by atoms with E-state index in [4.69, 9.17) is 0 Å². The minimum absolute atomic E-state index is 0.433. The maximum Gasteiger partial charge on any atom is 0.0960 e. The lowest BCUT2D eigenvalue weighted by atomic mass is 9.36. The molecule has 8 fully saturated rings. The number of nitrogens with zero attached hydrogens (tertiary/aromatic N) is 2. The van der Waals surface area contributed by atoms with Gasteiger partial charge in [-0.15, -0.1) is 0 Å². The molecule has 0 heterocycles. The third-order valence-electron chi connectivity index (χ3n) is 16.9. The second-order valence-corrected chi connectivity index (χ2v) is 16.9. The first kappa shape index (κ1) is 21.6. The molecule has 2 nitrogen and oxygen atoms in total. The van der Waals surface area contributed by atoms with Gasteiger partial charge in [-0.3, -0.25) is 0 Å². The van der Waals surface area contributed by atoms with Gasteiger partial charge in [0.15, 0.2) is 0 Å². The van der Waals surface area contributed by atoms with Crippen molar-refractivity contribution in [3.8, 4) is 12.1 Å². The molecule has 3 aromatic rings. The summed E-state index contributed by atoms with van der Waals surface area (Å²) in [7, 11) is 0. The second-order valence-electron chi connectivity index (χ2n) is 16.9. The van der Waals surface area contributed by atoms with E-state index in [9.17, 15) is 10.5 Å². The molecule has 3 aromatic carbocycles. The number of allylic oxidation sites excluding steroid dienone is 2. The summed E-state index contributed by atoms with van der Waals surface area (Å²) in [5, 5.41) is 25.6. The largest absolute Gasteiger partial charge is 0.193 e. The summed E-state index contributed by atoms with van der Waals surface area (Å²) in [6.07, 6.45) is 5.58. The van der Waals surface area contributed by atoms with Crippen LogP contribution in [0.1, 0.15) is 48.6 Å². The molecule has 10 aliphatic rings. The quantitative estimate of drug-likeness (QED) is 0.164. The Labute approximate surface area is 246 Å². The van der Waals surface area contributed by atoms with Crippen molar-refractivity contribution in [1.82, 2.24) is 0 Å². The first-order valence-electron chi connectivity index (χ1n) is 17.3. The number of benzene rings is 3. The van der Waals surface area contributed by atoms with E-state index in [1.165, 1.54) is 34.4 Å². The molecule has 10 aliphatic carbocycles. The van der Waals surface area contributed by atoms with Crippen molar-refractivity contribution in [1.29, 1.82) is 10.5 Å². The molecule has 0 amide bonds. The van der Waals surface area contributed by atoms with Crippen LogP contribution in [0.2, 0.25) is 0 Å². The van der Waals surface area contributed by atoms with Gasteiger partial charge in [0, 0.05) is 11.1 Å². The zero-order valence-electron chi connectivity index (χ0n) is 23.7. The summed E-state index contributed by atoms with van der Waals surface area (Å²) >= 11 is 0. The average Bonchev–Trinajstić information content (AvgIpc) is 3.83. The maximum absolute atomic E-state index is 9.97. The molecule has 8 saturated carbocycles. The van der Waals surface area contributed by atoms with E-state index in [2.05, 4.69) is 60.7 Å². The molecule has 0 aromatic heterocycles. The minimum Gasteiger partial charge on any atom is -0.193 e. The second kappa shape index (κ2) is 6.53. The van der Waals surface area contributed by atoms with Gasteiger partial charge in [0.25, 0.3) is 0 Å². The Balaban J connectivity index is 0.868. The monoisotopic (exact) mass is 542 g/mol. The smallest absolute Gasteiger partial charge is 0.0960 e. The fraction of sp³-hybridized carbons (Fsp3) is 0.550. The van der Waals surface area contributed by atoms with Gasteiger partial charge in [-0.2, -0.15) is 10.5 Å². The maximum atomic E-state index is 9.97. The van der Waals surface area contributed by atoms with Crippen LogP contribution in [-0.2, 0) is 0 Å². The van der Waals surface area contributed by atoms with Gasteiger partial charge >= 0.3 is 0 Å². The molecular weight excluding hydrogens is 508 g/mol. The normalized spacial score (nSPS) is 54.6. The summed E-state index contributed by atoms with van der Waals surface area (Å²) in [5.74, 6) is 15.8. The minimum atomic E-state index is 0.433. The third kappa shape index (κ3) is 1.96. The Bertz CT molecular complexity index is 1830. The Kier molecular flexibility index (Phi) is 3.35. The van der Waals surface area contributed by atoms with Gasteiger partial charge in [0.05, 0.1) is 12.1 Å². The van der Waals surface area contributed by atoms with E-state index in [-0.39, 0.29) is 0 Å². The van der Waals surface area contributed by atoms with E-state index >= 15 is 0 Å². The zero-order valence-corrected chi connectivity index (χ0v) is 23.7. The molecular formula is C40H34N2. The van der Waals surface area contributed by atoms with Crippen molar-refractivity contribution < 1.29 is 0 Å². The molecule has 0 N–H and O–H groups in total. The highest BCUT2D eigenvalue weighted by Gasteiger charge is 2.82. The van der Waals surface area contributed by atoms with Crippen LogP contribution in [0, 0.1) is 117 Å². The number of rotatable bonds is 0. The van der Waals surface area contributed by atoms with Crippen molar-refractivity contribution in [2.24, 2.45) is 94.7 Å². The predicted molar refractivity (Wildman–Crippen MR) is 159 cm³/mol. The van der Waals surface area contributed by atoms with Gasteiger partial charge in [-0.25, -0.2) is 0 Å². The Morgan fingerprint density at radius 2 is 0.833 bits per heavy atom. The Morgan fingerprint density at radius 1 is 0.429 bits per heavy atom. The number of fused-ring (bicyclic) bond motifs is 34. The van der Waals surface area contributed by atoms with Crippen LogP contribution in [0.25, 0.3) is 21.5 Å². The van der Waals surface area contributed by atoms with E-state index in [0.717, 1.165) is 112 Å². The van der Waals surface area contributed by atoms with Crippen LogP contribution in [0.3, 0.4) is 0 Å². The molecule has 18 atom stereocenters. The fourth-order valence-corrected chi connectivity index (χ4v) is 16.7. The molecule has 0 spiro atoms. The fourth-order valence-electron chi connectivity index (χ4n) is 16.7. The highest BCUT2D eigenvalue weighted by atomic mass is 14.9. The average molecular weight is 543 g/mol. The highest BCUT2D eigenvalue weighted by molar-refractivity contribution is 5.99. The lowest BCUT2D eigenvalue weighted by molar-refractivity contribution is -0.201. The molecule has 0 radical (unpaired) electrons. The summed E-state index contributed by atoms with van der Waals surface area (Å²) in [5.41, 5.74) is 5.31. The lowest BCUT2D eigenvalue weighted by Crippen LogP contribution is -2.64. The Hall–Kier alpha value is -3.10. The molecule has 0 aliphatic heterocycles. The predicted octanol–water partition coefficient (Wildman–Crippen LogP) is 8.06. The van der Waals surface area contributed by atoms with Crippen LogP contribution < -0.4 is 0 Å². The summed E-state index contributed by atoms with van der Waals surface area (Å²) in [6.45, 7) is 0. The van der Waals surface area contributed by atoms with Crippen molar-refractivity contribution in [3.63, 3.8) is 0 Å². The van der Waals surface area contributed by atoms with E-state index in [1.54, 1.807) is 17.5 Å². The molecule has 204 valence electrons. The summed E-state index contributed by atoms with van der Waals surface area (Å²) in [4.78, 5) is 0. The standard InChI is InChI=1S/C40H34N2/c41-13-29-23-10-24(30(29)14-42)32-26-11-25(31(23)32)35-36(26)40-28-12-27(39(35)40)37-33-21-9-22(34(33)38(28)37)20-8-18-6-16-4-2-1-3-15(16)5-17(18)7-19(20)21/h1-8,21-28,31-40H,9-12H2/t21-,22+,23+,24-,25+,26-,27-,28+,31-,32+,33-,34+,35-,36+,37+,38-,39+,40-. The topological polar surface area (TPSA) is 47.6 Å². The molecule has 0 saturated heterocycles.